The van der Waals surface area contributed by atoms with Gasteiger partial charge < -0.3 is 19.5 Å². The lowest BCUT2D eigenvalue weighted by Crippen LogP contribution is -2.38. The Labute approximate surface area is 107 Å². The minimum Gasteiger partial charge on any atom is -0.493 e. The zero-order valence-electron chi connectivity index (χ0n) is 10.6. The van der Waals surface area contributed by atoms with E-state index in [1.54, 1.807) is 7.11 Å². The third-order valence-electron chi connectivity index (χ3n) is 3.55. The fourth-order valence-electron chi connectivity index (χ4n) is 2.43. The molecule has 2 aliphatic heterocycles. The van der Waals surface area contributed by atoms with E-state index in [0.29, 0.717) is 19.3 Å². The van der Waals surface area contributed by atoms with E-state index in [1.807, 2.05) is 6.07 Å². The van der Waals surface area contributed by atoms with Crippen molar-refractivity contribution in [2.45, 2.75) is 25.0 Å². The molecule has 1 N–H and O–H groups in total. The van der Waals surface area contributed by atoms with Crippen LogP contribution in [0.15, 0.2) is 18.2 Å². The molecule has 3 rings (SSSR count). The molecule has 0 saturated carbocycles. The lowest BCUT2D eigenvalue weighted by atomic mass is 10.0. The Morgan fingerprint density at radius 1 is 1.28 bits per heavy atom. The molecular weight excluding hydrogens is 230 g/mol. The average Bonchev–Trinajstić information content (AvgIpc) is 2.87. The van der Waals surface area contributed by atoms with Crippen LogP contribution < -0.4 is 14.8 Å². The third kappa shape index (κ3) is 2.31. The maximum atomic E-state index is 5.82. The number of hydrogen-bond donors (Lipinski definition) is 1. The first-order valence-electron chi connectivity index (χ1n) is 6.52. The van der Waals surface area contributed by atoms with Crippen molar-refractivity contribution in [3.63, 3.8) is 0 Å². The van der Waals surface area contributed by atoms with Crippen LogP contribution >= 0.6 is 0 Å². The van der Waals surface area contributed by atoms with Crippen LogP contribution in [0.3, 0.4) is 0 Å². The van der Waals surface area contributed by atoms with E-state index in [0.717, 1.165) is 18.0 Å². The van der Waals surface area contributed by atoms with Crippen LogP contribution in [0.1, 0.15) is 24.4 Å². The highest BCUT2D eigenvalue weighted by Gasteiger charge is 2.23. The summed E-state index contributed by atoms with van der Waals surface area (Å²) in [6, 6.07) is 6.67. The third-order valence-corrected chi connectivity index (χ3v) is 3.55. The van der Waals surface area contributed by atoms with Gasteiger partial charge in [0.25, 0.3) is 0 Å². The molecule has 1 aromatic carbocycles. The smallest absolute Gasteiger partial charge is 0.161 e. The molecule has 4 nitrogen and oxygen atoms in total. The molecule has 0 aromatic heterocycles. The fraction of sp³-hybridized carbons (Fsp3) is 0.571. The van der Waals surface area contributed by atoms with Gasteiger partial charge in [-0.15, -0.1) is 0 Å². The topological polar surface area (TPSA) is 39.7 Å². The van der Waals surface area contributed by atoms with Gasteiger partial charge in [0.2, 0.25) is 0 Å². The lowest BCUT2D eigenvalue weighted by Gasteiger charge is -2.27. The van der Waals surface area contributed by atoms with E-state index in [-0.39, 0.29) is 6.10 Å². The standard InChI is InChI=1S/C14H19NO3/c1-16-14-7-10(12-3-2-6-15-12)4-5-13(14)18-11-8-17-9-11/h4-5,7,11-12,15H,2-3,6,8-9H2,1H3. The van der Waals surface area contributed by atoms with Gasteiger partial charge in [-0.2, -0.15) is 0 Å². The van der Waals surface area contributed by atoms with Crippen molar-refractivity contribution in [1.29, 1.82) is 0 Å². The summed E-state index contributed by atoms with van der Waals surface area (Å²) < 4.78 is 16.4. The molecule has 4 heteroatoms. The van der Waals surface area contributed by atoms with Gasteiger partial charge in [0, 0.05) is 6.04 Å². The van der Waals surface area contributed by atoms with Gasteiger partial charge in [-0.05, 0) is 37.1 Å². The molecule has 1 unspecified atom stereocenters. The van der Waals surface area contributed by atoms with Crippen molar-refractivity contribution in [2.75, 3.05) is 26.9 Å². The number of nitrogens with one attached hydrogen (secondary N) is 1. The summed E-state index contributed by atoms with van der Waals surface area (Å²) >= 11 is 0. The van der Waals surface area contributed by atoms with Crippen molar-refractivity contribution in [3.05, 3.63) is 23.8 Å². The molecule has 18 heavy (non-hydrogen) atoms. The summed E-state index contributed by atoms with van der Waals surface area (Å²) in [4.78, 5) is 0. The van der Waals surface area contributed by atoms with E-state index in [4.69, 9.17) is 14.2 Å². The highest BCUT2D eigenvalue weighted by molar-refractivity contribution is 5.44. The van der Waals surface area contributed by atoms with Crippen molar-refractivity contribution in [1.82, 2.24) is 5.32 Å². The number of methoxy groups -OCH3 is 1. The van der Waals surface area contributed by atoms with Crippen LogP contribution in [-0.4, -0.2) is 33.0 Å². The molecule has 2 fully saturated rings. The van der Waals surface area contributed by atoms with Crippen LogP contribution in [0.4, 0.5) is 0 Å². The van der Waals surface area contributed by atoms with E-state index in [2.05, 4.69) is 17.4 Å². The molecule has 0 radical (unpaired) electrons. The van der Waals surface area contributed by atoms with Crippen LogP contribution in [0.25, 0.3) is 0 Å². The van der Waals surface area contributed by atoms with Crippen molar-refractivity contribution < 1.29 is 14.2 Å². The van der Waals surface area contributed by atoms with Gasteiger partial charge in [0.15, 0.2) is 11.5 Å². The average molecular weight is 249 g/mol. The first kappa shape index (κ1) is 11.8. The first-order valence-corrected chi connectivity index (χ1v) is 6.52. The molecule has 0 spiro atoms. The predicted octanol–water partition coefficient (Wildman–Crippen LogP) is 1.90. The molecule has 2 heterocycles. The Balaban J connectivity index is 1.77. The molecule has 1 atom stereocenters. The maximum absolute atomic E-state index is 5.82. The van der Waals surface area contributed by atoms with Crippen molar-refractivity contribution >= 4 is 0 Å². The van der Waals surface area contributed by atoms with Crippen molar-refractivity contribution in [2.24, 2.45) is 0 Å². The summed E-state index contributed by atoms with van der Waals surface area (Å²) in [5.74, 6) is 1.63. The molecule has 0 aliphatic carbocycles. The monoisotopic (exact) mass is 249 g/mol. The van der Waals surface area contributed by atoms with Crippen LogP contribution in [0.5, 0.6) is 11.5 Å². The zero-order valence-corrected chi connectivity index (χ0v) is 10.6. The van der Waals surface area contributed by atoms with Crippen LogP contribution in [-0.2, 0) is 4.74 Å². The Hall–Kier alpha value is -1.26. The van der Waals surface area contributed by atoms with E-state index in [9.17, 15) is 0 Å². The molecule has 2 aliphatic rings. The van der Waals surface area contributed by atoms with Gasteiger partial charge in [0.05, 0.1) is 20.3 Å². The van der Waals surface area contributed by atoms with Gasteiger partial charge >= 0.3 is 0 Å². The summed E-state index contributed by atoms with van der Waals surface area (Å²) in [7, 11) is 1.69. The van der Waals surface area contributed by atoms with E-state index < -0.39 is 0 Å². The summed E-state index contributed by atoms with van der Waals surface area (Å²) in [6.45, 7) is 2.45. The molecule has 0 bridgehead atoms. The Morgan fingerprint density at radius 3 is 2.78 bits per heavy atom. The SMILES string of the molecule is COc1cc(C2CCCN2)ccc1OC1COC1. The van der Waals surface area contributed by atoms with Crippen LogP contribution in [0, 0.1) is 0 Å². The summed E-state index contributed by atoms with van der Waals surface area (Å²) in [5.41, 5.74) is 1.28. The number of hydrogen-bond acceptors (Lipinski definition) is 4. The lowest BCUT2D eigenvalue weighted by molar-refractivity contribution is -0.0803. The molecular formula is C14H19NO3. The Bertz CT molecular complexity index is 412. The first-order chi connectivity index (χ1) is 8.86. The largest absolute Gasteiger partial charge is 0.493 e. The molecule has 98 valence electrons. The second kappa shape index (κ2) is 5.16. The summed E-state index contributed by atoms with van der Waals surface area (Å²) in [5, 5.41) is 3.49. The molecule has 1 aromatic rings. The maximum Gasteiger partial charge on any atom is 0.161 e. The van der Waals surface area contributed by atoms with E-state index in [1.165, 1.54) is 18.4 Å². The normalized spacial score (nSPS) is 23.7. The van der Waals surface area contributed by atoms with Gasteiger partial charge in [-0.25, -0.2) is 0 Å². The Kier molecular flexibility index (Phi) is 3.39. The zero-order chi connectivity index (χ0) is 12.4. The number of rotatable bonds is 4. The highest BCUT2D eigenvalue weighted by Crippen LogP contribution is 2.33. The minimum absolute atomic E-state index is 0.175. The quantitative estimate of drug-likeness (QED) is 0.884. The number of ether oxygens (including phenoxy) is 3. The highest BCUT2D eigenvalue weighted by atomic mass is 16.6. The van der Waals surface area contributed by atoms with Gasteiger partial charge in [-0.1, -0.05) is 6.07 Å². The second-order valence-corrected chi connectivity index (χ2v) is 4.84. The fourth-order valence-corrected chi connectivity index (χ4v) is 2.43. The van der Waals surface area contributed by atoms with Crippen molar-refractivity contribution in [3.8, 4) is 11.5 Å². The molecule has 0 amide bonds. The summed E-state index contributed by atoms with van der Waals surface area (Å²) in [6.07, 6.45) is 2.61. The van der Waals surface area contributed by atoms with E-state index >= 15 is 0 Å². The van der Waals surface area contributed by atoms with Crippen LogP contribution in [0.2, 0.25) is 0 Å². The number of benzene rings is 1. The predicted molar refractivity (Wildman–Crippen MR) is 68.2 cm³/mol. The second-order valence-electron chi connectivity index (χ2n) is 4.84. The minimum atomic E-state index is 0.175. The van der Waals surface area contributed by atoms with Gasteiger partial charge in [0.1, 0.15) is 6.10 Å². The van der Waals surface area contributed by atoms with Gasteiger partial charge in [-0.3, -0.25) is 0 Å². The Morgan fingerprint density at radius 2 is 2.17 bits per heavy atom. The molecule has 2 saturated heterocycles.